The first-order chi connectivity index (χ1) is 8.24. The minimum Gasteiger partial charge on any atom is -0.396 e. The van der Waals surface area contributed by atoms with Crippen molar-refractivity contribution in [2.75, 3.05) is 6.61 Å². The Labute approximate surface area is 107 Å². The minimum absolute atomic E-state index is 0.290. The van der Waals surface area contributed by atoms with E-state index in [1.54, 1.807) is 0 Å². The van der Waals surface area contributed by atoms with Gasteiger partial charge in [0.25, 0.3) is 0 Å². The lowest BCUT2D eigenvalue weighted by Crippen LogP contribution is -2.21. The Hall–Kier alpha value is -0.820. The maximum absolute atomic E-state index is 9.05. The fourth-order valence-corrected chi connectivity index (χ4v) is 2.43. The number of hydrogen-bond donors (Lipinski definition) is 1. The molecule has 0 bridgehead atoms. The van der Waals surface area contributed by atoms with Crippen LogP contribution in [0.3, 0.4) is 0 Å². The average Bonchev–Trinajstić information content (AvgIpc) is 2.37. The summed E-state index contributed by atoms with van der Waals surface area (Å²) in [5, 5.41) is 9.05. The Balaban J connectivity index is 4.54. The van der Waals surface area contributed by atoms with Gasteiger partial charge >= 0.3 is 0 Å². The predicted octanol–water partition coefficient (Wildman–Crippen LogP) is 4.64. The van der Waals surface area contributed by atoms with Crippen LogP contribution in [-0.2, 0) is 0 Å². The van der Waals surface area contributed by atoms with Crippen LogP contribution >= 0.6 is 0 Å². The Morgan fingerprint density at radius 3 is 1.47 bits per heavy atom. The van der Waals surface area contributed by atoms with E-state index < -0.39 is 0 Å². The van der Waals surface area contributed by atoms with Gasteiger partial charge in [0.1, 0.15) is 0 Å². The zero-order valence-electron chi connectivity index (χ0n) is 11.2. The Kier molecular flexibility index (Phi) is 9.84. The highest BCUT2D eigenvalue weighted by Gasteiger charge is 2.27. The van der Waals surface area contributed by atoms with E-state index in [1.165, 1.54) is 0 Å². The number of rotatable bonds is 12. The molecule has 0 saturated carbocycles. The highest BCUT2D eigenvalue weighted by atomic mass is 16.2. The third-order valence-electron chi connectivity index (χ3n) is 3.50. The summed E-state index contributed by atoms with van der Waals surface area (Å²) in [7, 11) is 0. The van der Waals surface area contributed by atoms with E-state index in [2.05, 4.69) is 19.7 Å². The van der Waals surface area contributed by atoms with Crippen molar-refractivity contribution in [3.8, 4) is 0 Å². The lowest BCUT2D eigenvalue weighted by Gasteiger charge is -2.33. The number of aliphatic hydroxyl groups excluding tert-OH is 1. The van der Waals surface area contributed by atoms with Crippen LogP contribution in [0.25, 0.3) is 0 Å². The van der Waals surface area contributed by atoms with Gasteiger partial charge < -0.3 is 5.11 Å². The molecule has 0 aliphatic rings. The molecule has 0 radical (unpaired) electrons. The standard InChI is InChI=1S/C16H28O/c1-4-7-11-16(12-8-5-2,13-9-6-3)14-10-15-17/h4-6,17H,1-3,7-15H2. The highest BCUT2D eigenvalue weighted by molar-refractivity contribution is 4.87. The molecule has 0 aromatic rings. The van der Waals surface area contributed by atoms with Gasteiger partial charge in [0.05, 0.1) is 0 Å². The topological polar surface area (TPSA) is 20.2 Å². The summed E-state index contributed by atoms with van der Waals surface area (Å²) in [6.45, 7) is 11.7. The van der Waals surface area contributed by atoms with Crippen molar-refractivity contribution < 1.29 is 5.11 Å². The average molecular weight is 236 g/mol. The van der Waals surface area contributed by atoms with Gasteiger partial charge in [-0.05, 0) is 56.8 Å². The molecule has 0 unspecified atom stereocenters. The Morgan fingerprint density at radius 2 is 1.18 bits per heavy atom. The third kappa shape index (κ3) is 7.17. The molecule has 1 heteroatoms. The van der Waals surface area contributed by atoms with Crippen LogP contribution in [-0.4, -0.2) is 11.7 Å². The fourth-order valence-electron chi connectivity index (χ4n) is 2.43. The van der Waals surface area contributed by atoms with E-state index >= 15 is 0 Å². The second kappa shape index (κ2) is 10.3. The summed E-state index contributed by atoms with van der Waals surface area (Å²) in [6.07, 6.45) is 14.6. The molecule has 0 atom stereocenters. The predicted molar refractivity (Wildman–Crippen MR) is 77.0 cm³/mol. The van der Waals surface area contributed by atoms with Gasteiger partial charge in [0.15, 0.2) is 0 Å². The van der Waals surface area contributed by atoms with Crippen LogP contribution in [0.15, 0.2) is 38.0 Å². The number of hydrogen-bond acceptors (Lipinski definition) is 1. The zero-order chi connectivity index (χ0) is 13.0. The van der Waals surface area contributed by atoms with Gasteiger partial charge in [-0.15, -0.1) is 19.7 Å². The molecular formula is C16H28O. The molecule has 0 aliphatic heterocycles. The lowest BCUT2D eigenvalue weighted by molar-refractivity contribution is 0.174. The summed E-state index contributed by atoms with van der Waals surface area (Å²) in [5.41, 5.74) is 0.333. The van der Waals surface area contributed by atoms with Gasteiger partial charge in [-0.3, -0.25) is 0 Å². The van der Waals surface area contributed by atoms with Crippen molar-refractivity contribution in [3.05, 3.63) is 38.0 Å². The monoisotopic (exact) mass is 236 g/mol. The van der Waals surface area contributed by atoms with E-state index in [4.69, 9.17) is 5.11 Å². The SMILES string of the molecule is C=CCCC(CCC=C)(CCC=C)CCCO. The van der Waals surface area contributed by atoms with Crippen LogP contribution in [0.5, 0.6) is 0 Å². The summed E-state index contributed by atoms with van der Waals surface area (Å²) in [5.74, 6) is 0. The second-order valence-electron chi connectivity index (χ2n) is 4.81. The van der Waals surface area contributed by atoms with E-state index in [1.807, 2.05) is 18.2 Å². The molecule has 0 aromatic carbocycles. The van der Waals surface area contributed by atoms with Crippen LogP contribution in [0, 0.1) is 5.41 Å². The normalized spacial score (nSPS) is 11.1. The molecule has 1 nitrogen and oxygen atoms in total. The first kappa shape index (κ1) is 16.2. The fraction of sp³-hybridized carbons (Fsp3) is 0.625. The van der Waals surface area contributed by atoms with Gasteiger partial charge in [0.2, 0.25) is 0 Å². The first-order valence-corrected chi connectivity index (χ1v) is 6.68. The van der Waals surface area contributed by atoms with Gasteiger partial charge in [-0.2, -0.15) is 0 Å². The van der Waals surface area contributed by atoms with Crippen LogP contribution in [0.2, 0.25) is 0 Å². The molecule has 0 spiro atoms. The van der Waals surface area contributed by atoms with Crippen LogP contribution < -0.4 is 0 Å². The maximum Gasteiger partial charge on any atom is 0.0431 e. The molecular weight excluding hydrogens is 208 g/mol. The largest absolute Gasteiger partial charge is 0.396 e. The van der Waals surface area contributed by atoms with Gasteiger partial charge in [-0.25, -0.2) is 0 Å². The van der Waals surface area contributed by atoms with E-state index in [-0.39, 0.29) is 6.61 Å². The molecule has 0 fully saturated rings. The molecule has 0 aliphatic carbocycles. The Morgan fingerprint density at radius 1 is 0.765 bits per heavy atom. The molecule has 0 rings (SSSR count). The van der Waals surface area contributed by atoms with Crippen molar-refractivity contribution in [1.29, 1.82) is 0 Å². The quantitative estimate of drug-likeness (QED) is 0.489. The molecule has 1 N–H and O–H groups in total. The molecule has 17 heavy (non-hydrogen) atoms. The van der Waals surface area contributed by atoms with Crippen molar-refractivity contribution in [2.24, 2.45) is 5.41 Å². The minimum atomic E-state index is 0.290. The lowest BCUT2D eigenvalue weighted by atomic mass is 9.72. The first-order valence-electron chi connectivity index (χ1n) is 6.68. The van der Waals surface area contributed by atoms with E-state index in [0.717, 1.165) is 51.4 Å². The maximum atomic E-state index is 9.05. The van der Waals surface area contributed by atoms with Gasteiger partial charge in [0, 0.05) is 6.61 Å². The second-order valence-corrected chi connectivity index (χ2v) is 4.81. The zero-order valence-corrected chi connectivity index (χ0v) is 11.2. The van der Waals surface area contributed by atoms with E-state index in [9.17, 15) is 0 Å². The summed E-state index contributed by atoms with van der Waals surface area (Å²) < 4.78 is 0. The molecule has 0 heterocycles. The van der Waals surface area contributed by atoms with Crippen LogP contribution in [0.4, 0.5) is 0 Å². The number of allylic oxidation sites excluding steroid dienone is 3. The summed E-state index contributed by atoms with van der Waals surface area (Å²) in [6, 6.07) is 0. The third-order valence-corrected chi connectivity index (χ3v) is 3.50. The molecule has 0 saturated heterocycles. The number of aliphatic hydroxyl groups is 1. The summed E-state index contributed by atoms with van der Waals surface area (Å²) >= 11 is 0. The summed E-state index contributed by atoms with van der Waals surface area (Å²) in [4.78, 5) is 0. The van der Waals surface area contributed by atoms with Gasteiger partial charge in [-0.1, -0.05) is 18.2 Å². The van der Waals surface area contributed by atoms with Crippen molar-refractivity contribution >= 4 is 0 Å². The van der Waals surface area contributed by atoms with Crippen molar-refractivity contribution in [2.45, 2.75) is 51.4 Å². The molecule has 98 valence electrons. The molecule has 0 aromatic heterocycles. The van der Waals surface area contributed by atoms with Crippen molar-refractivity contribution in [3.63, 3.8) is 0 Å². The highest BCUT2D eigenvalue weighted by Crippen LogP contribution is 2.40. The smallest absolute Gasteiger partial charge is 0.0431 e. The molecule has 0 amide bonds. The van der Waals surface area contributed by atoms with Crippen molar-refractivity contribution in [1.82, 2.24) is 0 Å². The van der Waals surface area contributed by atoms with E-state index in [0.29, 0.717) is 5.41 Å². The van der Waals surface area contributed by atoms with Crippen LogP contribution in [0.1, 0.15) is 51.4 Å². The Bertz CT molecular complexity index is 186.